The molecular formula is C15H18N6OS. The van der Waals surface area contributed by atoms with E-state index in [1.165, 1.54) is 11.3 Å². The smallest absolute Gasteiger partial charge is 0.222 e. The van der Waals surface area contributed by atoms with Crippen LogP contribution in [0.25, 0.3) is 10.6 Å². The van der Waals surface area contributed by atoms with Gasteiger partial charge in [-0.25, -0.2) is 9.99 Å². The monoisotopic (exact) mass is 330 g/mol. The summed E-state index contributed by atoms with van der Waals surface area (Å²) in [5, 5.41) is 15.8. The molecule has 2 N–H and O–H groups in total. The number of nitriles is 1. The van der Waals surface area contributed by atoms with Crippen LogP contribution < -0.4 is 10.7 Å². The highest BCUT2D eigenvalue weighted by molar-refractivity contribution is 7.13. The number of nitrogens with zero attached hydrogens (tertiary/aromatic N) is 5. The maximum absolute atomic E-state index is 9.70. The molecular weight excluding hydrogens is 312 g/mol. The third-order valence-electron chi connectivity index (χ3n) is 3.65. The Labute approximate surface area is 138 Å². The number of ether oxygens (including phenoxy) is 1. The second kappa shape index (κ2) is 6.91. The number of anilines is 2. The van der Waals surface area contributed by atoms with Crippen molar-refractivity contribution in [3.05, 3.63) is 23.1 Å². The molecule has 3 heterocycles. The Morgan fingerprint density at radius 3 is 2.83 bits per heavy atom. The number of hydrogen-bond donors (Lipinski definition) is 1. The van der Waals surface area contributed by atoms with Crippen LogP contribution in [0.4, 0.5) is 11.8 Å². The first-order valence-electron chi connectivity index (χ1n) is 7.46. The molecule has 8 heteroatoms. The first-order valence-corrected chi connectivity index (χ1v) is 8.34. The predicted molar refractivity (Wildman–Crippen MR) is 89.9 cm³/mol. The molecule has 1 saturated heterocycles. The number of thiophene rings is 1. The van der Waals surface area contributed by atoms with Gasteiger partial charge in [0.2, 0.25) is 5.95 Å². The molecule has 0 aromatic carbocycles. The van der Waals surface area contributed by atoms with E-state index in [1.807, 2.05) is 29.4 Å². The Morgan fingerprint density at radius 2 is 2.22 bits per heavy atom. The molecule has 7 nitrogen and oxygen atoms in total. The van der Waals surface area contributed by atoms with Gasteiger partial charge in [0, 0.05) is 19.6 Å². The van der Waals surface area contributed by atoms with Crippen LogP contribution in [0.3, 0.4) is 0 Å². The molecule has 2 aromatic rings. The standard InChI is InChI=1S/C15H18N6OS/c1-2-21(20-5-7-22-8-6-20)14-11(10-16)13(18-15(17)19-14)12-4-3-9-23-12/h3-4,9H,2,5-8H2,1H3,(H2,17,18,19). The molecule has 23 heavy (non-hydrogen) atoms. The minimum atomic E-state index is 0.175. The van der Waals surface area contributed by atoms with Crippen molar-refractivity contribution in [2.75, 3.05) is 43.6 Å². The molecule has 1 aliphatic rings. The lowest BCUT2D eigenvalue weighted by Gasteiger charge is -2.37. The lowest BCUT2D eigenvalue weighted by atomic mass is 10.2. The molecule has 0 aliphatic carbocycles. The second-order valence-corrected chi connectivity index (χ2v) is 5.95. The maximum Gasteiger partial charge on any atom is 0.222 e. The SMILES string of the molecule is CCN(c1nc(N)nc(-c2cccs2)c1C#N)N1CCOCC1. The summed E-state index contributed by atoms with van der Waals surface area (Å²) in [6.45, 7) is 5.57. The van der Waals surface area contributed by atoms with E-state index in [0.29, 0.717) is 36.8 Å². The molecule has 0 bridgehead atoms. The average molecular weight is 330 g/mol. The quantitative estimate of drug-likeness (QED) is 0.912. The van der Waals surface area contributed by atoms with Gasteiger partial charge in [-0.3, -0.25) is 5.01 Å². The van der Waals surface area contributed by atoms with Gasteiger partial charge in [0.1, 0.15) is 17.3 Å². The molecule has 0 amide bonds. The van der Waals surface area contributed by atoms with Gasteiger partial charge in [0.05, 0.1) is 18.1 Å². The minimum Gasteiger partial charge on any atom is -0.379 e. The summed E-state index contributed by atoms with van der Waals surface area (Å²) in [4.78, 5) is 9.56. The molecule has 0 saturated carbocycles. The Balaban J connectivity index is 2.08. The van der Waals surface area contributed by atoms with Crippen molar-refractivity contribution in [1.82, 2.24) is 15.0 Å². The molecule has 120 valence electrons. The van der Waals surface area contributed by atoms with E-state index in [2.05, 4.69) is 21.0 Å². The Kier molecular flexibility index (Phi) is 4.71. The number of rotatable bonds is 4. The Hall–Kier alpha value is -2.21. The van der Waals surface area contributed by atoms with E-state index in [4.69, 9.17) is 10.5 Å². The Morgan fingerprint density at radius 1 is 1.43 bits per heavy atom. The average Bonchev–Trinajstić information content (AvgIpc) is 3.10. The van der Waals surface area contributed by atoms with Crippen molar-refractivity contribution in [2.45, 2.75) is 6.92 Å². The van der Waals surface area contributed by atoms with E-state index in [-0.39, 0.29) is 5.95 Å². The third kappa shape index (κ3) is 3.12. The molecule has 2 aromatic heterocycles. The van der Waals surface area contributed by atoms with E-state index >= 15 is 0 Å². The third-order valence-corrected chi connectivity index (χ3v) is 4.52. The maximum atomic E-state index is 9.70. The van der Waals surface area contributed by atoms with Crippen LogP contribution in [-0.4, -0.2) is 47.8 Å². The number of nitrogens with two attached hydrogens (primary N) is 1. The van der Waals surface area contributed by atoms with Gasteiger partial charge in [0.15, 0.2) is 5.82 Å². The summed E-state index contributed by atoms with van der Waals surface area (Å²) in [5.41, 5.74) is 6.96. The molecule has 1 aliphatic heterocycles. The zero-order valence-electron chi connectivity index (χ0n) is 12.9. The van der Waals surface area contributed by atoms with E-state index in [1.54, 1.807) is 0 Å². The van der Waals surface area contributed by atoms with Crippen molar-refractivity contribution in [3.63, 3.8) is 0 Å². The van der Waals surface area contributed by atoms with Crippen LogP contribution in [0.15, 0.2) is 17.5 Å². The van der Waals surface area contributed by atoms with Gasteiger partial charge in [-0.1, -0.05) is 6.07 Å². The van der Waals surface area contributed by atoms with Gasteiger partial charge in [-0.05, 0) is 18.4 Å². The van der Waals surface area contributed by atoms with Crippen molar-refractivity contribution in [1.29, 1.82) is 5.26 Å². The first kappa shape index (κ1) is 15.7. The van der Waals surface area contributed by atoms with E-state index in [9.17, 15) is 5.26 Å². The summed E-state index contributed by atoms with van der Waals surface area (Å²) in [5.74, 6) is 0.738. The number of hydrogen-bond acceptors (Lipinski definition) is 8. The first-order chi connectivity index (χ1) is 11.2. The zero-order valence-corrected chi connectivity index (χ0v) is 13.7. The van der Waals surface area contributed by atoms with Crippen molar-refractivity contribution in [3.8, 4) is 16.6 Å². The van der Waals surface area contributed by atoms with Crippen LogP contribution in [0.5, 0.6) is 0 Å². The topological polar surface area (TPSA) is 91.3 Å². The summed E-state index contributed by atoms with van der Waals surface area (Å²) < 4.78 is 5.40. The van der Waals surface area contributed by atoms with E-state index in [0.717, 1.165) is 18.0 Å². The van der Waals surface area contributed by atoms with Crippen LogP contribution in [0.1, 0.15) is 12.5 Å². The molecule has 1 fully saturated rings. The summed E-state index contributed by atoms with van der Waals surface area (Å²) in [6, 6.07) is 6.12. The van der Waals surface area contributed by atoms with Gasteiger partial charge in [0.25, 0.3) is 0 Å². The molecule has 0 unspecified atom stereocenters. The van der Waals surface area contributed by atoms with Gasteiger partial charge >= 0.3 is 0 Å². The number of aromatic nitrogens is 2. The van der Waals surface area contributed by atoms with Crippen molar-refractivity contribution >= 4 is 23.1 Å². The minimum absolute atomic E-state index is 0.175. The highest BCUT2D eigenvalue weighted by atomic mass is 32.1. The normalized spacial score (nSPS) is 15.3. The van der Waals surface area contributed by atoms with Crippen molar-refractivity contribution in [2.24, 2.45) is 0 Å². The zero-order chi connectivity index (χ0) is 16.2. The number of nitrogen functional groups attached to an aromatic ring is 1. The van der Waals surface area contributed by atoms with E-state index < -0.39 is 0 Å². The van der Waals surface area contributed by atoms with Gasteiger partial charge in [-0.2, -0.15) is 10.2 Å². The lowest BCUT2D eigenvalue weighted by molar-refractivity contribution is 0.0318. The number of morpholine rings is 1. The van der Waals surface area contributed by atoms with Crippen LogP contribution in [-0.2, 0) is 4.74 Å². The fourth-order valence-corrected chi connectivity index (χ4v) is 3.35. The lowest BCUT2D eigenvalue weighted by Crippen LogP contribution is -2.49. The summed E-state index contributed by atoms with van der Waals surface area (Å²) in [7, 11) is 0. The molecule has 0 radical (unpaired) electrons. The van der Waals surface area contributed by atoms with Gasteiger partial charge in [-0.15, -0.1) is 11.3 Å². The molecule has 0 atom stereocenters. The highest BCUT2D eigenvalue weighted by Crippen LogP contribution is 2.32. The van der Waals surface area contributed by atoms with Gasteiger partial charge < -0.3 is 10.5 Å². The van der Waals surface area contributed by atoms with Crippen LogP contribution in [0.2, 0.25) is 0 Å². The number of hydrazine groups is 1. The molecule has 3 rings (SSSR count). The van der Waals surface area contributed by atoms with Crippen molar-refractivity contribution < 1.29 is 4.74 Å². The predicted octanol–water partition coefficient (Wildman–Crippen LogP) is 1.73. The summed E-state index contributed by atoms with van der Waals surface area (Å²) >= 11 is 1.53. The van der Waals surface area contributed by atoms with Crippen LogP contribution >= 0.6 is 11.3 Å². The highest BCUT2D eigenvalue weighted by Gasteiger charge is 2.25. The fourth-order valence-electron chi connectivity index (χ4n) is 2.63. The summed E-state index contributed by atoms with van der Waals surface area (Å²) in [6.07, 6.45) is 0. The fraction of sp³-hybridized carbons (Fsp3) is 0.400. The second-order valence-electron chi connectivity index (χ2n) is 5.00. The molecule has 0 spiro atoms. The van der Waals surface area contributed by atoms with Crippen LogP contribution in [0, 0.1) is 11.3 Å². The Bertz CT molecular complexity index is 705. The largest absolute Gasteiger partial charge is 0.379 e.